The molecule has 0 saturated heterocycles. The van der Waals surface area contributed by atoms with E-state index in [-0.39, 0.29) is 0 Å². The summed E-state index contributed by atoms with van der Waals surface area (Å²) in [5.41, 5.74) is 0. The highest BCUT2D eigenvalue weighted by Crippen LogP contribution is 2.28. The zero-order valence-electron chi connectivity index (χ0n) is 10.7. The van der Waals surface area contributed by atoms with Crippen molar-refractivity contribution in [3.8, 4) is 0 Å². The Morgan fingerprint density at radius 3 is 2.94 bits per heavy atom. The fraction of sp³-hybridized carbons (Fsp3) is 0.846. The van der Waals surface area contributed by atoms with Crippen LogP contribution < -0.4 is 0 Å². The molecule has 17 heavy (non-hydrogen) atoms. The number of thioether (sulfide) groups is 1. The lowest BCUT2D eigenvalue weighted by Gasteiger charge is -2.05. The summed E-state index contributed by atoms with van der Waals surface area (Å²) in [6.07, 6.45) is 10.6. The van der Waals surface area contributed by atoms with Gasteiger partial charge >= 0.3 is 0 Å². The predicted octanol–water partition coefficient (Wildman–Crippen LogP) is 3.82. The highest BCUT2D eigenvalue weighted by molar-refractivity contribution is 7.99. The molecule has 1 aliphatic carbocycles. The molecule has 0 unspecified atom stereocenters. The summed E-state index contributed by atoms with van der Waals surface area (Å²) in [6, 6.07) is 0. The van der Waals surface area contributed by atoms with Crippen LogP contribution in [0.4, 0.5) is 0 Å². The Kier molecular flexibility index (Phi) is 5.36. The van der Waals surface area contributed by atoms with E-state index in [0.717, 1.165) is 29.1 Å². The number of rotatable bonds is 7. The first-order valence-electron chi connectivity index (χ1n) is 6.92. The Labute approximate surface area is 108 Å². The highest BCUT2D eigenvalue weighted by Gasteiger charge is 2.15. The lowest BCUT2D eigenvalue weighted by molar-refractivity contribution is 0.497. The molecule has 1 aromatic heterocycles. The summed E-state index contributed by atoms with van der Waals surface area (Å²) in [6.45, 7) is 2.21. The van der Waals surface area contributed by atoms with Gasteiger partial charge in [-0.1, -0.05) is 50.8 Å². The van der Waals surface area contributed by atoms with Gasteiger partial charge in [-0.15, -0.1) is 5.10 Å². The number of unbranched alkanes of at least 4 members (excludes halogenated alkanes) is 1. The van der Waals surface area contributed by atoms with E-state index in [9.17, 15) is 0 Å². The minimum atomic E-state index is 0.930. The van der Waals surface area contributed by atoms with Crippen molar-refractivity contribution in [3.63, 3.8) is 0 Å². The maximum Gasteiger partial charge on any atom is 0.208 e. The monoisotopic (exact) mass is 253 g/mol. The van der Waals surface area contributed by atoms with Crippen molar-refractivity contribution in [3.05, 3.63) is 5.82 Å². The van der Waals surface area contributed by atoms with Crippen LogP contribution in [0.15, 0.2) is 5.16 Å². The molecule has 4 heteroatoms. The van der Waals surface area contributed by atoms with E-state index in [1.807, 2.05) is 0 Å². The summed E-state index contributed by atoms with van der Waals surface area (Å²) >= 11 is 1.77. The molecule has 96 valence electrons. The number of nitrogens with one attached hydrogen (secondary N) is 1. The van der Waals surface area contributed by atoms with Gasteiger partial charge < -0.3 is 0 Å². The van der Waals surface area contributed by atoms with Crippen LogP contribution in [-0.2, 0) is 6.42 Å². The molecule has 1 aromatic rings. The fourth-order valence-electron chi connectivity index (χ4n) is 2.40. The number of H-pyrrole nitrogens is 1. The van der Waals surface area contributed by atoms with Gasteiger partial charge in [0.2, 0.25) is 5.16 Å². The van der Waals surface area contributed by atoms with Crippen LogP contribution in [-0.4, -0.2) is 20.9 Å². The van der Waals surface area contributed by atoms with E-state index in [2.05, 4.69) is 22.1 Å². The zero-order chi connectivity index (χ0) is 11.9. The summed E-state index contributed by atoms with van der Waals surface area (Å²) in [4.78, 5) is 4.54. The third-order valence-electron chi connectivity index (χ3n) is 3.50. The third-order valence-corrected chi connectivity index (χ3v) is 4.44. The Hall–Kier alpha value is -0.510. The van der Waals surface area contributed by atoms with Gasteiger partial charge in [-0.05, 0) is 18.8 Å². The van der Waals surface area contributed by atoms with Gasteiger partial charge in [-0.3, -0.25) is 5.10 Å². The van der Waals surface area contributed by atoms with Crippen molar-refractivity contribution >= 4 is 11.8 Å². The maximum atomic E-state index is 4.54. The van der Waals surface area contributed by atoms with Crippen LogP contribution in [0, 0.1) is 5.92 Å². The molecule has 1 saturated carbocycles. The Morgan fingerprint density at radius 1 is 1.35 bits per heavy atom. The van der Waals surface area contributed by atoms with Gasteiger partial charge in [0.1, 0.15) is 5.82 Å². The fourth-order valence-corrected chi connectivity index (χ4v) is 3.30. The molecule has 1 heterocycles. The quantitative estimate of drug-likeness (QED) is 0.593. The lowest BCUT2D eigenvalue weighted by Crippen LogP contribution is -1.97. The average Bonchev–Trinajstić information content (AvgIpc) is 2.98. The van der Waals surface area contributed by atoms with Crippen LogP contribution in [0.5, 0.6) is 0 Å². The molecule has 0 bridgehead atoms. The molecule has 2 rings (SSSR count). The second kappa shape index (κ2) is 7.04. The van der Waals surface area contributed by atoms with Crippen LogP contribution >= 0.6 is 11.8 Å². The van der Waals surface area contributed by atoms with Crippen LogP contribution in [0.25, 0.3) is 0 Å². The number of aryl methyl sites for hydroxylation is 1. The van der Waals surface area contributed by atoms with Gasteiger partial charge in [0.25, 0.3) is 0 Å². The molecular weight excluding hydrogens is 230 g/mol. The minimum Gasteiger partial charge on any atom is -0.262 e. The van der Waals surface area contributed by atoms with Gasteiger partial charge in [0, 0.05) is 12.2 Å². The van der Waals surface area contributed by atoms with E-state index in [0.29, 0.717) is 0 Å². The van der Waals surface area contributed by atoms with E-state index in [1.165, 1.54) is 44.9 Å². The van der Waals surface area contributed by atoms with E-state index in [4.69, 9.17) is 0 Å². The largest absolute Gasteiger partial charge is 0.262 e. The van der Waals surface area contributed by atoms with Crippen molar-refractivity contribution in [2.24, 2.45) is 5.92 Å². The van der Waals surface area contributed by atoms with Crippen LogP contribution in [0.3, 0.4) is 0 Å². The molecular formula is C13H23N3S. The minimum absolute atomic E-state index is 0.930. The van der Waals surface area contributed by atoms with E-state index >= 15 is 0 Å². The van der Waals surface area contributed by atoms with Crippen molar-refractivity contribution in [2.75, 3.05) is 5.75 Å². The second-order valence-corrected chi connectivity index (χ2v) is 6.02. The summed E-state index contributed by atoms with van der Waals surface area (Å²) in [7, 11) is 0. The third kappa shape index (κ3) is 4.34. The smallest absolute Gasteiger partial charge is 0.208 e. The lowest BCUT2D eigenvalue weighted by atomic mass is 10.0. The van der Waals surface area contributed by atoms with E-state index < -0.39 is 0 Å². The van der Waals surface area contributed by atoms with Gasteiger partial charge in [0.15, 0.2) is 0 Å². The molecule has 0 aliphatic heterocycles. The number of aromatic amines is 1. The Balaban J connectivity index is 1.69. The normalized spacial score (nSPS) is 16.8. The number of aromatic nitrogens is 3. The van der Waals surface area contributed by atoms with E-state index in [1.54, 1.807) is 11.8 Å². The van der Waals surface area contributed by atoms with Crippen LogP contribution in [0.2, 0.25) is 0 Å². The standard InChI is InChI=1S/C13H23N3S/c1-2-3-10-17-13-14-12(15-16-13)9-8-11-6-4-5-7-11/h11H,2-10H2,1H3,(H,14,15,16). The summed E-state index contributed by atoms with van der Waals surface area (Å²) in [5, 5.41) is 8.27. The Morgan fingerprint density at radius 2 is 2.18 bits per heavy atom. The number of hydrogen-bond donors (Lipinski definition) is 1. The van der Waals surface area contributed by atoms with Crippen molar-refractivity contribution < 1.29 is 0 Å². The van der Waals surface area contributed by atoms with Crippen molar-refractivity contribution in [2.45, 2.75) is 63.4 Å². The zero-order valence-corrected chi connectivity index (χ0v) is 11.6. The molecule has 0 amide bonds. The van der Waals surface area contributed by atoms with Crippen molar-refractivity contribution in [1.29, 1.82) is 0 Å². The predicted molar refractivity (Wildman–Crippen MR) is 72.3 cm³/mol. The van der Waals surface area contributed by atoms with Crippen molar-refractivity contribution in [1.82, 2.24) is 15.2 Å². The first-order valence-corrected chi connectivity index (χ1v) is 7.91. The second-order valence-electron chi connectivity index (χ2n) is 4.96. The van der Waals surface area contributed by atoms with Crippen LogP contribution in [0.1, 0.15) is 57.7 Å². The van der Waals surface area contributed by atoms with Gasteiger partial charge in [-0.25, -0.2) is 4.98 Å². The average molecular weight is 253 g/mol. The topological polar surface area (TPSA) is 41.6 Å². The molecule has 0 aromatic carbocycles. The first kappa shape index (κ1) is 12.9. The van der Waals surface area contributed by atoms with Gasteiger partial charge in [0.05, 0.1) is 0 Å². The molecule has 1 N–H and O–H groups in total. The SMILES string of the molecule is CCCCSc1n[nH]c(CCC2CCCC2)n1. The van der Waals surface area contributed by atoms with Gasteiger partial charge in [-0.2, -0.15) is 0 Å². The maximum absolute atomic E-state index is 4.54. The molecule has 0 radical (unpaired) electrons. The molecule has 1 fully saturated rings. The number of nitrogens with zero attached hydrogens (tertiary/aromatic N) is 2. The highest BCUT2D eigenvalue weighted by atomic mass is 32.2. The molecule has 1 aliphatic rings. The molecule has 0 atom stereocenters. The summed E-state index contributed by atoms with van der Waals surface area (Å²) in [5.74, 6) is 3.16. The molecule has 3 nitrogen and oxygen atoms in total. The number of hydrogen-bond acceptors (Lipinski definition) is 3. The molecule has 0 spiro atoms. The Bertz CT molecular complexity index is 318. The first-order chi connectivity index (χ1) is 8.38. The summed E-state index contributed by atoms with van der Waals surface area (Å²) < 4.78 is 0.